The van der Waals surface area contributed by atoms with Crippen LogP contribution in [-0.2, 0) is 27.1 Å². The zero-order valence-electron chi connectivity index (χ0n) is 12.9. The van der Waals surface area contributed by atoms with E-state index in [0.29, 0.717) is 0 Å². The molecule has 0 fully saturated rings. The molecule has 1 aliphatic rings. The Labute approximate surface area is 155 Å². The third-order valence-electron chi connectivity index (χ3n) is 3.29. The molecular weight excluding hydrogens is 339 g/mol. The summed E-state index contributed by atoms with van der Waals surface area (Å²) in [6, 6.07) is 8.30. The van der Waals surface area contributed by atoms with Gasteiger partial charge in [0.1, 0.15) is 5.75 Å². The molecule has 0 spiro atoms. The molecule has 0 bridgehead atoms. The van der Waals surface area contributed by atoms with E-state index >= 15 is 0 Å². The molecule has 0 unspecified atom stereocenters. The molecule has 4 heteroatoms. The summed E-state index contributed by atoms with van der Waals surface area (Å²) in [5, 5.41) is 0. The Kier molecular flexibility index (Phi) is 10.7. The van der Waals surface area contributed by atoms with Crippen molar-refractivity contribution in [1.29, 1.82) is 0 Å². The first-order valence-electron chi connectivity index (χ1n) is 6.56. The summed E-state index contributed by atoms with van der Waals surface area (Å²) >= 11 is 0. The van der Waals surface area contributed by atoms with Gasteiger partial charge in [0.25, 0.3) is 0 Å². The molecule has 2 rings (SSSR count). The van der Waals surface area contributed by atoms with Crippen molar-refractivity contribution < 1.29 is 51.3 Å². The first kappa shape index (κ1) is 23.1. The fourth-order valence-corrected chi connectivity index (χ4v) is 2.32. The smallest absolute Gasteiger partial charge is 1.00 e. The molecule has 21 heavy (non-hydrogen) atoms. The van der Waals surface area contributed by atoms with Gasteiger partial charge in [-0.25, -0.2) is 11.6 Å². The number of rotatable bonds is 4. The van der Waals surface area contributed by atoms with E-state index in [0.717, 1.165) is 12.2 Å². The van der Waals surface area contributed by atoms with Gasteiger partial charge >= 0.3 is 21.7 Å². The van der Waals surface area contributed by atoms with Crippen molar-refractivity contribution in [1.82, 2.24) is 0 Å². The first-order valence-corrected chi connectivity index (χ1v) is 6.56. The molecule has 0 saturated heterocycles. The van der Waals surface area contributed by atoms with Gasteiger partial charge in [-0.05, 0) is 25.3 Å². The fourth-order valence-electron chi connectivity index (χ4n) is 2.32. The van der Waals surface area contributed by atoms with Crippen LogP contribution in [0.1, 0.15) is 39.7 Å². The second-order valence-corrected chi connectivity index (χ2v) is 5.48. The Balaban J connectivity index is 0. The van der Waals surface area contributed by atoms with Crippen molar-refractivity contribution in [3.05, 3.63) is 53.6 Å². The normalized spacial score (nSPS) is 12.9. The van der Waals surface area contributed by atoms with E-state index in [4.69, 9.17) is 4.74 Å². The monoisotopic (exact) mass is 359 g/mol. The van der Waals surface area contributed by atoms with Crippen LogP contribution in [0.4, 0.5) is 0 Å². The zero-order valence-corrected chi connectivity index (χ0v) is 16.0. The third kappa shape index (κ3) is 5.49. The van der Waals surface area contributed by atoms with Crippen molar-refractivity contribution in [2.24, 2.45) is 0 Å². The summed E-state index contributed by atoms with van der Waals surface area (Å²) in [5.74, 6) is 0.979. The molecule has 1 aromatic carbocycles. The molecule has 0 N–H and O–H groups in total. The van der Waals surface area contributed by atoms with E-state index in [1.807, 2.05) is 6.07 Å². The Hall–Kier alpha value is -0.206. The van der Waals surface area contributed by atoms with Gasteiger partial charge in [0.15, 0.2) is 0 Å². The van der Waals surface area contributed by atoms with Gasteiger partial charge in [0.2, 0.25) is 0 Å². The van der Waals surface area contributed by atoms with E-state index in [2.05, 4.69) is 64.1 Å². The molecular formula is C17H21Cl2OTi. The average molecular weight is 360 g/mol. The van der Waals surface area contributed by atoms with Crippen molar-refractivity contribution in [3.8, 4) is 5.75 Å². The van der Waals surface area contributed by atoms with Crippen molar-refractivity contribution >= 4 is 0 Å². The molecule has 1 aliphatic carbocycles. The topological polar surface area (TPSA) is 9.23 Å². The Morgan fingerprint density at radius 1 is 1.14 bits per heavy atom. The fraction of sp³-hybridized carbons (Fsp3) is 0.412. The van der Waals surface area contributed by atoms with Crippen LogP contribution in [0, 0.1) is 6.08 Å². The number of ether oxygens (including phenoxy) is 1. The second-order valence-electron chi connectivity index (χ2n) is 5.48. The number of hydrogen-bond donors (Lipinski definition) is 0. The molecule has 113 valence electrons. The number of allylic oxidation sites excluding steroid dienone is 4. The summed E-state index contributed by atoms with van der Waals surface area (Å²) in [5.41, 5.74) is 2.42. The minimum absolute atomic E-state index is 0. The van der Waals surface area contributed by atoms with Crippen LogP contribution in [0.5, 0.6) is 5.75 Å². The summed E-state index contributed by atoms with van der Waals surface area (Å²) in [6.45, 7) is 8.58. The van der Waals surface area contributed by atoms with Crippen molar-refractivity contribution in [2.75, 3.05) is 0 Å². The number of hydrogen-bond acceptors (Lipinski definition) is 1. The zero-order chi connectivity index (χ0) is 13.2. The molecule has 0 atom stereocenters. The number of halogens is 2. The van der Waals surface area contributed by atoms with E-state index in [-0.39, 0.29) is 58.1 Å². The molecule has 1 radical (unpaired) electrons. The number of benzene rings is 1. The molecule has 0 aromatic heterocycles. The minimum atomic E-state index is -0.0571. The molecule has 1 nitrogen and oxygen atoms in total. The predicted octanol–water partition coefficient (Wildman–Crippen LogP) is -1.55. The van der Waals surface area contributed by atoms with Crippen LogP contribution in [-0.4, -0.2) is 6.10 Å². The minimum Gasteiger partial charge on any atom is -1.00 e. The maximum atomic E-state index is 5.93. The molecule has 0 heterocycles. The van der Waals surface area contributed by atoms with Gasteiger partial charge < -0.3 is 29.6 Å². The summed E-state index contributed by atoms with van der Waals surface area (Å²) in [7, 11) is 0. The second kappa shape index (κ2) is 9.74. The van der Waals surface area contributed by atoms with E-state index < -0.39 is 0 Å². The van der Waals surface area contributed by atoms with Gasteiger partial charge in [-0.15, -0.1) is 6.42 Å². The van der Waals surface area contributed by atoms with Crippen LogP contribution in [0.25, 0.3) is 0 Å². The van der Waals surface area contributed by atoms with Crippen molar-refractivity contribution in [2.45, 2.75) is 45.6 Å². The standard InChI is InChI=1S/C17H21O.2ClH.Ti/c1-13(2)18-16-12-8-7-11-15(16)17(3,4)14-9-5-6-10-14;;;/h5,7-9,11-13H,6H2,1-4H3;2*1H;/q-1;;;+3/p-2. The predicted molar refractivity (Wildman–Crippen MR) is 75.7 cm³/mol. The Morgan fingerprint density at radius 3 is 2.29 bits per heavy atom. The molecule has 1 aromatic rings. The Bertz CT molecular complexity index is 493. The SMILES string of the molecule is CC(C)Oc1ccccc1C(C)(C)C1=[C-]CC=C1.[Cl-].[Cl-].[Ti+3]. The summed E-state index contributed by atoms with van der Waals surface area (Å²) in [6.07, 6.45) is 8.87. The summed E-state index contributed by atoms with van der Waals surface area (Å²) in [4.78, 5) is 0. The molecule has 0 saturated carbocycles. The first-order chi connectivity index (χ1) is 8.51. The van der Waals surface area contributed by atoms with Crippen LogP contribution < -0.4 is 29.6 Å². The van der Waals surface area contributed by atoms with Crippen LogP contribution in [0.15, 0.2) is 42.0 Å². The van der Waals surface area contributed by atoms with E-state index in [1.165, 1.54) is 11.1 Å². The maximum Gasteiger partial charge on any atom is 3.00 e. The average Bonchev–Trinajstić information content (AvgIpc) is 2.82. The van der Waals surface area contributed by atoms with Crippen molar-refractivity contribution in [3.63, 3.8) is 0 Å². The van der Waals surface area contributed by atoms with Crippen LogP contribution in [0.3, 0.4) is 0 Å². The Morgan fingerprint density at radius 2 is 1.76 bits per heavy atom. The maximum absolute atomic E-state index is 5.93. The van der Waals surface area contributed by atoms with Gasteiger partial charge in [0, 0.05) is 5.56 Å². The quantitative estimate of drug-likeness (QED) is 0.467. The van der Waals surface area contributed by atoms with E-state index in [9.17, 15) is 0 Å². The number of para-hydroxylation sites is 1. The summed E-state index contributed by atoms with van der Waals surface area (Å²) < 4.78 is 5.93. The largest absolute Gasteiger partial charge is 3.00 e. The van der Waals surface area contributed by atoms with Gasteiger partial charge in [-0.3, -0.25) is 6.08 Å². The van der Waals surface area contributed by atoms with Gasteiger partial charge in [-0.1, -0.05) is 32.0 Å². The van der Waals surface area contributed by atoms with Gasteiger partial charge in [-0.2, -0.15) is 6.08 Å². The van der Waals surface area contributed by atoms with Crippen LogP contribution in [0.2, 0.25) is 0 Å². The van der Waals surface area contributed by atoms with Crippen LogP contribution >= 0.6 is 0 Å². The molecule has 0 amide bonds. The van der Waals surface area contributed by atoms with E-state index in [1.54, 1.807) is 0 Å². The third-order valence-corrected chi connectivity index (χ3v) is 3.29. The molecule has 0 aliphatic heterocycles. The van der Waals surface area contributed by atoms with Gasteiger partial charge in [0.05, 0.1) is 6.10 Å².